The van der Waals surface area contributed by atoms with E-state index < -0.39 is 9.85 Å². The highest BCUT2D eigenvalue weighted by Gasteiger charge is 2.19. The summed E-state index contributed by atoms with van der Waals surface area (Å²) in [7, 11) is 6.48. The molecule has 43 heavy (non-hydrogen) atoms. The van der Waals surface area contributed by atoms with Gasteiger partial charge < -0.3 is 25.3 Å². The fraction of sp³-hybridized carbons (Fsp3) is 0.567. The topological polar surface area (TPSA) is 143 Å². The molecule has 0 aliphatic carbocycles. The maximum atomic E-state index is 12.2. The van der Waals surface area contributed by atoms with E-state index in [9.17, 15) is 25.0 Å². The van der Waals surface area contributed by atoms with Crippen LogP contribution in [-0.2, 0) is 11.3 Å². The number of anilines is 2. The molecule has 2 aromatic carbocycles. The Kier molecular flexibility index (Phi) is 15.7. The van der Waals surface area contributed by atoms with Crippen molar-refractivity contribution in [2.75, 3.05) is 76.5 Å². The van der Waals surface area contributed by atoms with Crippen LogP contribution in [0.15, 0.2) is 42.5 Å². The molecule has 0 atom stereocenters. The zero-order valence-electron chi connectivity index (χ0n) is 25.6. The highest BCUT2D eigenvalue weighted by molar-refractivity contribution is 6.18. The number of carbonyl (C=O) groups excluding carboxylic acids is 1. The summed E-state index contributed by atoms with van der Waals surface area (Å²) in [4.78, 5) is 35.1. The van der Waals surface area contributed by atoms with Crippen LogP contribution in [-0.4, -0.2) is 86.5 Å². The normalized spacial score (nSPS) is 11.3. The van der Waals surface area contributed by atoms with Gasteiger partial charge in [0.2, 0.25) is 5.91 Å². The van der Waals surface area contributed by atoms with E-state index in [0.717, 1.165) is 75.4 Å². The zero-order chi connectivity index (χ0) is 31.7. The molecule has 238 valence electrons. The van der Waals surface area contributed by atoms with Crippen molar-refractivity contribution < 1.29 is 19.1 Å². The van der Waals surface area contributed by atoms with Gasteiger partial charge in [-0.15, -0.1) is 11.6 Å². The first-order valence-corrected chi connectivity index (χ1v) is 15.4. The first-order chi connectivity index (χ1) is 20.5. The molecule has 1 amide bonds. The molecule has 0 spiro atoms. The smallest absolute Gasteiger partial charge is 0.299 e. The fourth-order valence-corrected chi connectivity index (χ4v) is 4.92. The molecule has 0 radical (unpaired) electrons. The van der Waals surface area contributed by atoms with E-state index in [4.69, 9.17) is 11.6 Å². The zero-order valence-corrected chi connectivity index (χ0v) is 26.4. The van der Waals surface area contributed by atoms with Crippen LogP contribution >= 0.6 is 11.6 Å². The third-order valence-electron chi connectivity index (χ3n) is 7.29. The lowest BCUT2D eigenvalue weighted by Gasteiger charge is -2.30. The van der Waals surface area contributed by atoms with Crippen LogP contribution < -0.4 is 20.9 Å². The summed E-state index contributed by atoms with van der Waals surface area (Å²) >= 11 is 5.82. The summed E-state index contributed by atoms with van der Waals surface area (Å²) in [6, 6.07) is 12.1. The van der Waals surface area contributed by atoms with Crippen LogP contribution in [0.3, 0.4) is 0 Å². The summed E-state index contributed by atoms with van der Waals surface area (Å²) in [6.07, 6.45) is 4.65. The number of nitro benzene ring substituents is 2. The van der Waals surface area contributed by atoms with Gasteiger partial charge in [0, 0.05) is 76.7 Å². The predicted octanol–water partition coefficient (Wildman–Crippen LogP) is 4.91. The second-order valence-corrected chi connectivity index (χ2v) is 11.7. The molecule has 13 heteroatoms. The van der Waals surface area contributed by atoms with Gasteiger partial charge in [-0.2, -0.15) is 0 Å². The molecular weight excluding hydrogens is 574 g/mol. The van der Waals surface area contributed by atoms with Crippen molar-refractivity contribution in [2.24, 2.45) is 0 Å². The summed E-state index contributed by atoms with van der Waals surface area (Å²) in [6.45, 7) is 5.79. The van der Waals surface area contributed by atoms with E-state index in [1.165, 1.54) is 23.4 Å². The fourth-order valence-electron chi connectivity index (χ4n) is 4.67. The Bertz CT molecular complexity index is 1160. The monoisotopic (exact) mass is 620 g/mol. The number of unbranched alkanes of at least 4 members (excludes halogenated alkanes) is 2. The molecule has 0 unspecified atom stereocenters. The Morgan fingerprint density at radius 1 is 0.907 bits per heavy atom. The summed E-state index contributed by atoms with van der Waals surface area (Å²) in [5.74, 6) is 0.644. The standard InChI is InChI=1S/C30H46ClN7O5/c1-35(20-16-31)26-12-10-25(11-13-26)24-32-17-7-21-38(2,3)22-8-19-34-30(39)9-5-4-6-18-33-28-15-14-27(36(40)41)23-29(28)37(42)43/h10-15,23,32-33H,4-9,16-22,24H2,1-3H3/p+1. The lowest BCUT2D eigenvalue weighted by atomic mass is 10.1. The molecule has 12 nitrogen and oxygen atoms in total. The van der Waals surface area contributed by atoms with Crippen molar-refractivity contribution in [3.05, 3.63) is 68.3 Å². The SMILES string of the molecule is CN(CCCl)c1ccc(CNCCC[N+](C)(C)CCCNC(=O)CCCCCNc2ccc([N+](=O)[O-])cc2[N+](=O)[O-])cc1. The molecule has 0 heterocycles. The van der Waals surface area contributed by atoms with Crippen molar-refractivity contribution in [3.63, 3.8) is 0 Å². The minimum absolute atomic E-state index is 0.0344. The van der Waals surface area contributed by atoms with Gasteiger partial charge in [0.05, 0.1) is 43.1 Å². The number of carbonyl (C=O) groups is 1. The molecule has 0 aromatic heterocycles. The predicted molar refractivity (Wildman–Crippen MR) is 173 cm³/mol. The van der Waals surface area contributed by atoms with E-state index >= 15 is 0 Å². The lowest BCUT2D eigenvalue weighted by Crippen LogP contribution is -2.43. The Morgan fingerprint density at radius 3 is 2.26 bits per heavy atom. The van der Waals surface area contributed by atoms with Gasteiger partial charge in [-0.3, -0.25) is 25.0 Å². The van der Waals surface area contributed by atoms with Crippen LogP contribution in [0.1, 0.15) is 44.1 Å². The lowest BCUT2D eigenvalue weighted by molar-refractivity contribution is -0.890. The number of nitrogens with zero attached hydrogens (tertiary/aromatic N) is 4. The number of amides is 1. The van der Waals surface area contributed by atoms with Crippen LogP contribution in [0.4, 0.5) is 22.7 Å². The van der Waals surface area contributed by atoms with Crippen LogP contribution in [0.2, 0.25) is 0 Å². The first-order valence-electron chi connectivity index (χ1n) is 14.8. The Balaban J connectivity index is 1.51. The number of quaternary nitrogens is 1. The number of rotatable bonds is 22. The maximum Gasteiger partial charge on any atom is 0.299 e. The summed E-state index contributed by atoms with van der Waals surface area (Å²) in [5.41, 5.74) is 2.04. The minimum Gasteiger partial charge on any atom is -0.379 e. The molecular formula is C30H47ClN7O5+. The molecule has 2 aromatic rings. The van der Waals surface area contributed by atoms with Gasteiger partial charge >= 0.3 is 0 Å². The van der Waals surface area contributed by atoms with Crippen molar-refractivity contribution in [2.45, 2.75) is 45.1 Å². The third-order valence-corrected chi connectivity index (χ3v) is 7.46. The Hall–Kier alpha value is -3.48. The van der Waals surface area contributed by atoms with Gasteiger partial charge in [-0.05, 0) is 36.6 Å². The number of halogens is 1. The first kappa shape index (κ1) is 35.7. The molecule has 0 saturated carbocycles. The van der Waals surface area contributed by atoms with Crippen molar-refractivity contribution in [1.29, 1.82) is 0 Å². The number of hydrogen-bond acceptors (Lipinski definition) is 8. The average Bonchev–Trinajstić information content (AvgIpc) is 2.97. The Morgan fingerprint density at radius 2 is 1.60 bits per heavy atom. The van der Waals surface area contributed by atoms with E-state index in [1.807, 2.05) is 7.05 Å². The number of nitrogens with one attached hydrogen (secondary N) is 3. The quantitative estimate of drug-likeness (QED) is 0.0554. The second-order valence-electron chi connectivity index (χ2n) is 11.3. The Labute approximate surface area is 259 Å². The van der Waals surface area contributed by atoms with Gasteiger partial charge in [0.1, 0.15) is 5.69 Å². The van der Waals surface area contributed by atoms with Crippen LogP contribution in [0, 0.1) is 20.2 Å². The number of nitro groups is 2. The van der Waals surface area contributed by atoms with Gasteiger partial charge in [0.15, 0.2) is 0 Å². The van der Waals surface area contributed by atoms with Gasteiger partial charge in [-0.1, -0.05) is 18.6 Å². The molecule has 3 N–H and O–H groups in total. The van der Waals surface area contributed by atoms with Crippen molar-refractivity contribution in [1.82, 2.24) is 10.6 Å². The van der Waals surface area contributed by atoms with Crippen LogP contribution in [0.5, 0.6) is 0 Å². The molecule has 0 aliphatic rings. The molecule has 0 bridgehead atoms. The van der Waals surface area contributed by atoms with E-state index in [1.54, 1.807) is 0 Å². The molecule has 2 rings (SSSR count). The second kappa shape index (κ2) is 18.9. The number of non-ortho nitro benzene ring substituents is 1. The highest BCUT2D eigenvalue weighted by atomic mass is 35.5. The molecule has 0 saturated heterocycles. The van der Waals surface area contributed by atoms with E-state index in [-0.39, 0.29) is 23.0 Å². The summed E-state index contributed by atoms with van der Waals surface area (Å²) < 4.78 is 0.902. The minimum atomic E-state index is -0.659. The highest BCUT2D eigenvalue weighted by Crippen LogP contribution is 2.28. The van der Waals surface area contributed by atoms with Crippen LogP contribution in [0.25, 0.3) is 0 Å². The number of hydrogen-bond donors (Lipinski definition) is 3. The largest absolute Gasteiger partial charge is 0.379 e. The third kappa shape index (κ3) is 14.0. The maximum absolute atomic E-state index is 12.2. The molecule has 0 fully saturated rings. The van der Waals surface area contributed by atoms with Gasteiger partial charge in [0.25, 0.3) is 11.4 Å². The average molecular weight is 621 g/mol. The van der Waals surface area contributed by atoms with E-state index in [2.05, 4.69) is 59.2 Å². The number of benzene rings is 2. The number of alkyl halides is 1. The summed E-state index contributed by atoms with van der Waals surface area (Å²) in [5, 5.41) is 31.6. The van der Waals surface area contributed by atoms with Gasteiger partial charge in [-0.25, -0.2) is 0 Å². The molecule has 0 aliphatic heterocycles. The van der Waals surface area contributed by atoms with Crippen molar-refractivity contribution >= 4 is 40.3 Å². The van der Waals surface area contributed by atoms with Crippen molar-refractivity contribution in [3.8, 4) is 0 Å². The van der Waals surface area contributed by atoms with E-state index in [0.29, 0.717) is 25.4 Å².